The molecule has 0 radical (unpaired) electrons. The number of carbonyl (C=O) groups is 2. The molecular weight excluding hydrogens is 406 g/mol. The molecule has 1 aliphatic rings. The van der Waals surface area contributed by atoms with E-state index in [-0.39, 0.29) is 28.9 Å². The van der Waals surface area contributed by atoms with Crippen LogP contribution in [0.25, 0.3) is 0 Å². The van der Waals surface area contributed by atoms with Crippen molar-refractivity contribution in [2.24, 2.45) is 0 Å². The van der Waals surface area contributed by atoms with Crippen LogP contribution in [-0.4, -0.2) is 61.5 Å². The fourth-order valence-electron chi connectivity index (χ4n) is 3.59. The van der Waals surface area contributed by atoms with Crippen molar-refractivity contribution < 1.29 is 27.8 Å². The van der Waals surface area contributed by atoms with Crippen molar-refractivity contribution >= 4 is 11.8 Å². The number of amides is 2. The Labute approximate surface area is 180 Å². The molecule has 3 rings (SSSR count). The number of hydrogen-bond acceptors (Lipinski definition) is 4. The van der Waals surface area contributed by atoms with E-state index in [0.29, 0.717) is 32.6 Å². The number of hydrogen-bond donors (Lipinski definition) is 0. The first-order valence-corrected chi connectivity index (χ1v) is 10.2. The van der Waals surface area contributed by atoms with Crippen LogP contribution in [0.2, 0.25) is 0 Å². The largest absolute Gasteiger partial charge is 0.493 e. The highest BCUT2D eigenvalue weighted by molar-refractivity contribution is 5.95. The lowest BCUT2D eigenvalue weighted by molar-refractivity contribution is -0.132. The van der Waals surface area contributed by atoms with Gasteiger partial charge >= 0.3 is 6.61 Å². The molecule has 166 valence electrons. The van der Waals surface area contributed by atoms with Crippen molar-refractivity contribution in [1.29, 1.82) is 0 Å². The van der Waals surface area contributed by atoms with E-state index in [4.69, 9.17) is 4.74 Å². The van der Waals surface area contributed by atoms with Crippen LogP contribution in [-0.2, 0) is 11.2 Å². The van der Waals surface area contributed by atoms with Crippen molar-refractivity contribution in [1.82, 2.24) is 9.80 Å². The van der Waals surface area contributed by atoms with E-state index in [0.717, 1.165) is 12.8 Å². The zero-order valence-corrected chi connectivity index (χ0v) is 17.4. The third-order valence-electron chi connectivity index (χ3n) is 5.25. The Kier molecular flexibility index (Phi) is 7.81. The minimum atomic E-state index is -3.02. The van der Waals surface area contributed by atoms with E-state index >= 15 is 0 Å². The van der Waals surface area contributed by atoms with E-state index in [1.165, 1.54) is 30.9 Å². The molecule has 2 amide bonds. The summed E-state index contributed by atoms with van der Waals surface area (Å²) < 4.78 is 34.7. The van der Waals surface area contributed by atoms with Gasteiger partial charge in [-0.05, 0) is 36.6 Å². The summed E-state index contributed by atoms with van der Waals surface area (Å²) in [5.41, 5.74) is 1.44. The Hall–Kier alpha value is -3.16. The number of alkyl halides is 2. The van der Waals surface area contributed by atoms with E-state index in [2.05, 4.69) is 4.74 Å². The Morgan fingerprint density at radius 1 is 0.968 bits per heavy atom. The molecule has 2 aromatic rings. The van der Waals surface area contributed by atoms with Crippen LogP contribution in [0, 0.1) is 0 Å². The summed E-state index contributed by atoms with van der Waals surface area (Å²) >= 11 is 0. The minimum absolute atomic E-state index is 0.0834. The first kappa shape index (κ1) is 22.5. The number of piperazine rings is 1. The molecule has 0 unspecified atom stereocenters. The molecule has 1 aliphatic heterocycles. The molecule has 2 aromatic carbocycles. The van der Waals surface area contributed by atoms with Gasteiger partial charge in [0.1, 0.15) is 0 Å². The standard InChI is InChI=1S/C23H26F2N2O4/c1-30-19-11-10-18(16-20(19)31-23(24)25)22(29)27-14-12-26(13-15-27)21(28)9-5-8-17-6-3-2-4-7-17/h2-4,6-7,10-11,16,23H,5,8-9,12-15H2,1H3. The number of methoxy groups -OCH3 is 1. The number of ether oxygens (including phenoxy) is 2. The smallest absolute Gasteiger partial charge is 0.387 e. The second-order valence-electron chi connectivity index (χ2n) is 7.26. The van der Waals surface area contributed by atoms with Crippen molar-refractivity contribution in [3.63, 3.8) is 0 Å². The minimum Gasteiger partial charge on any atom is -0.493 e. The summed E-state index contributed by atoms with van der Waals surface area (Å²) in [6.07, 6.45) is 2.10. The van der Waals surface area contributed by atoms with Crippen molar-refractivity contribution in [2.45, 2.75) is 25.9 Å². The van der Waals surface area contributed by atoms with Crippen LogP contribution < -0.4 is 9.47 Å². The summed E-state index contributed by atoms with van der Waals surface area (Å²) in [5.74, 6) is -0.267. The van der Waals surface area contributed by atoms with Gasteiger partial charge in [0, 0.05) is 38.2 Å². The fourth-order valence-corrected chi connectivity index (χ4v) is 3.59. The zero-order chi connectivity index (χ0) is 22.2. The molecule has 1 saturated heterocycles. The summed E-state index contributed by atoms with van der Waals surface area (Å²) in [4.78, 5) is 28.6. The Bertz CT molecular complexity index is 884. The number of aryl methyl sites for hydroxylation is 1. The number of nitrogens with zero attached hydrogens (tertiary/aromatic N) is 2. The van der Waals surface area contributed by atoms with Crippen LogP contribution in [0.4, 0.5) is 8.78 Å². The van der Waals surface area contributed by atoms with Crippen molar-refractivity contribution in [3.05, 3.63) is 59.7 Å². The van der Waals surface area contributed by atoms with E-state index < -0.39 is 6.61 Å². The maximum absolute atomic E-state index is 12.8. The maximum Gasteiger partial charge on any atom is 0.387 e. The Morgan fingerprint density at radius 2 is 1.65 bits per heavy atom. The predicted molar refractivity (Wildman–Crippen MR) is 111 cm³/mol. The molecule has 0 atom stereocenters. The number of halogens is 2. The lowest BCUT2D eigenvalue weighted by Crippen LogP contribution is -2.50. The quantitative estimate of drug-likeness (QED) is 0.640. The lowest BCUT2D eigenvalue weighted by Gasteiger charge is -2.35. The van der Waals surface area contributed by atoms with Crippen molar-refractivity contribution in [3.8, 4) is 11.5 Å². The molecule has 0 spiro atoms. The zero-order valence-electron chi connectivity index (χ0n) is 17.4. The molecule has 31 heavy (non-hydrogen) atoms. The number of benzene rings is 2. The molecule has 6 nitrogen and oxygen atoms in total. The van der Waals surface area contributed by atoms with Gasteiger partial charge in [-0.2, -0.15) is 8.78 Å². The van der Waals surface area contributed by atoms with Gasteiger partial charge in [0.05, 0.1) is 7.11 Å². The average molecular weight is 432 g/mol. The second-order valence-corrected chi connectivity index (χ2v) is 7.26. The highest BCUT2D eigenvalue weighted by atomic mass is 19.3. The molecule has 0 aliphatic carbocycles. The fraction of sp³-hybridized carbons (Fsp3) is 0.391. The van der Waals surface area contributed by atoms with Crippen LogP contribution in [0.1, 0.15) is 28.8 Å². The molecule has 0 aromatic heterocycles. The van der Waals surface area contributed by atoms with Gasteiger partial charge < -0.3 is 19.3 Å². The summed E-state index contributed by atoms with van der Waals surface area (Å²) in [7, 11) is 1.34. The van der Waals surface area contributed by atoms with Gasteiger partial charge in [-0.3, -0.25) is 9.59 Å². The third-order valence-corrected chi connectivity index (χ3v) is 5.25. The van der Waals surface area contributed by atoms with Gasteiger partial charge in [-0.15, -0.1) is 0 Å². The molecule has 0 saturated carbocycles. The second kappa shape index (κ2) is 10.7. The maximum atomic E-state index is 12.8. The highest BCUT2D eigenvalue weighted by Crippen LogP contribution is 2.30. The topological polar surface area (TPSA) is 59.1 Å². The first-order valence-electron chi connectivity index (χ1n) is 10.2. The lowest BCUT2D eigenvalue weighted by atomic mass is 10.1. The summed E-state index contributed by atoms with van der Waals surface area (Å²) in [6, 6.07) is 14.2. The SMILES string of the molecule is COc1ccc(C(=O)N2CCN(C(=O)CCCc3ccccc3)CC2)cc1OC(F)F. The van der Waals surface area contributed by atoms with Crippen LogP contribution in [0.3, 0.4) is 0 Å². The van der Waals surface area contributed by atoms with Gasteiger partial charge in [-0.25, -0.2) is 0 Å². The predicted octanol–water partition coefficient (Wildman–Crippen LogP) is 3.60. The monoisotopic (exact) mass is 432 g/mol. The molecule has 0 bridgehead atoms. The van der Waals surface area contributed by atoms with E-state index in [1.807, 2.05) is 30.3 Å². The summed E-state index contributed by atoms with van der Waals surface area (Å²) in [6.45, 7) is -1.34. The molecular formula is C23H26F2N2O4. The summed E-state index contributed by atoms with van der Waals surface area (Å²) in [5, 5.41) is 0. The number of rotatable bonds is 8. The molecule has 1 heterocycles. The first-order chi connectivity index (χ1) is 15.0. The van der Waals surface area contributed by atoms with Gasteiger partial charge in [0.2, 0.25) is 5.91 Å². The molecule has 0 N–H and O–H groups in total. The van der Waals surface area contributed by atoms with Crippen LogP contribution >= 0.6 is 0 Å². The Balaban J connectivity index is 1.50. The van der Waals surface area contributed by atoms with Crippen LogP contribution in [0.5, 0.6) is 11.5 Å². The normalized spacial score (nSPS) is 13.9. The van der Waals surface area contributed by atoms with Crippen molar-refractivity contribution in [2.75, 3.05) is 33.3 Å². The number of carbonyl (C=O) groups excluding carboxylic acids is 2. The van der Waals surface area contributed by atoms with Crippen LogP contribution in [0.15, 0.2) is 48.5 Å². The Morgan fingerprint density at radius 3 is 2.29 bits per heavy atom. The third kappa shape index (κ3) is 6.16. The van der Waals surface area contributed by atoms with Gasteiger partial charge in [-0.1, -0.05) is 30.3 Å². The van der Waals surface area contributed by atoms with Gasteiger partial charge in [0.25, 0.3) is 5.91 Å². The van der Waals surface area contributed by atoms with E-state index in [1.54, 1.807) is 9.80 Å². The van der Waals surface area contributed by atoms with E-state index in [9.17, 15) is 18.4 Å². The van der Waals surface area contributed by atoms with Gasteiger partial charge in [0.15, 0.2) is 11.5 Å². The molecule has 1 fully saturated rings. The highest BCUT2D eigenvalue weighted by Gasteiger charge is 2.25. The average Bonchev–Trinajstić information content (AvgIpc) is 2.79. The molecule has 8 heteroatoms.